The lowest BCUT2D eigenvalue weighted by Crippen LogP contribution is -2.39. The molecule has 1 aromatic rings. The fourth-order valence-corrected chi connectivity index (χ4v) is 1.56. The summed E-state index contributed by atoms with van der Waals surface area (Å²) in [6, 6.07) is 10.8. The molecule has 0 fully saturated rings. The van der Waals surface area contributed by atoms with Crippen LogP contribution in [0.3, 0.4) is 0 Å². The SMILES string of the molecule is CC(C#N)N(CCCO)C(=O)OCc1ccccc1. The van der Waals surface area contributed by atoms with Gasteiger partial charge in [0, 0.05) is 13.2 Å². The maximum atomic E-state index is 11.9. The first kappa shape index (κ1) is 15.0. The number of nitrogens with zero attached hydrogens (tertiary/aromatic N) is 2. The number of aliphatic hydroxyl groups is 1. The minimum atomic E-state index is -0.574. The van der Waals surface area contributed by atoms with Crippen molar-refractivity contribution >= 4 is 6.09 Å². The van der Waals surface area contributed by atoms with E-state index in [2.05, 4.69) is 0 Å². The summed E-state index contributed by atoms with van der Waals surface area (Å²) in [6.45, 7) is 2.08. The van der Waals surface area contributed by atoms with Crippen molar-refractivity contribution in [1.29, 1.82) is 5.26 Å². The lowest BCUT2D eigenvalue weighted by atomic mass is 10.2. The number of rotatable bonds is 6. The standard InChI is InChI=1S/C14H18N2O3/c1-12(10-15)16(8-5-9-17)14(18)19-11-13-6-3-2-4-7-13/h2-4,6-7,12,17H,5,8-9,11H2,1H3. The molecule has 0 radical (unpaired) electrons. The van der Waals surface area contributed by atoms with E-state index in [4.69, 9.17) is 15.1 Å². The smallest absolute Gasteiger partial charge is 0.411 e. The highest BCUT2D eigenvalue weighted by molar-refractivity contribution is 5.68. The van der Waals surface area contributed by atoms with Gasteiger partial charge in [-0.05, 0) is 18.9 Å². The molecule has 0 aliphatic carbocycles. The summed E-state index contributed by atoms with van der Waals surface area (Å²) in [4.78, 5) is 13.2. The highest BCUT2D eigenvalue weighted by atomic mass is 16.6. The molecule has 0 aliphatic rings. The van der Waals surface area contributed by atoms with E-state index in [9.17, 15) is 4.79 Å². The van der Waals surface area contributed by atoms with Crippen LogP contribution in [0.1, 0.15) is 18.9 Å². The van der Waals surface area contributed by atoms with Gasteiger partial charge in [-0.15, -0.1) is 0 Å². The molecular weight excluding hydrogens is 244 g/mol. The second-order valence-electron chi connectivity index (χ2n) is 4.12. The van der Waals surface area contributed by atoms with Gasteiger partial charge in [0.15, 0.2) is 0 Å². The van der Waals surface area contributed by atoms with E-state index >= 15 is 0 Å². The Balaban J connectivity index is 2.54. The average molecular weight is 262 g/mol. The van der Waals surface area contributed by atoms with E-state index < -0.39 is 12.1 Å². The maximum Gasteiger partial charge on any atom is 0.411 e. The van der Waals surface area contributed by atoms with Gasteiger partial charge in [0.1, 0.15) is 12.6 Å². The van der Waals surface area contributed by atoms with Crippen LogP contribution in [-0.2, 0) is 11.3 Å². The third kappa shape index (κ3) is 4.98. The number of benzene rings is 1. The van der Waals surface area contributed by atoms with E-state index in [0.29, 0.717) is 13.0 Å². The quantitative estimate of drug-likeness (QED) is 0.850. The van der Waals surface area contributed by atoms with Gasteiger partial charge in [-0.1, -0.05) is 30.3 Å². The minimum Gasteiger partial charge on any atom is -0.445 e. The summed E-state index contributed by atoms with van der Waals surface area (Å²) in [5.74, 6) is 0. The first-order valence-corrected chi connectivity index (χ1v) is 6.17. The summed E-state index contributed by atoms with van der Waals surface area (Å²) >= 11 is 0. The number of amides is 1. The zero-order valence-electron chi connectivity index (χ0n) is 11.0. The van der Waals surface area contributed by atoms with Gasteiger partial charge in [0.05, 0.1) is 6.07 Å². The Kier molecular flexibility index (Phi) is 6.41. The van der Waals surface area contributed by atoms with E-state index in [-0.39, 0.29) is 13.2 Å². The van der Waals surface area contributed by atoms with Gasteiger partial charge in [-0.3, -0.25) is 4.90 Å². The monoisotopic (exact) mass is 262 g/mol. The Labute approximate surface area is 113 Å². The Hall–Kier alpha value is -2.06. The van der Waals surface area contributed by atoms with Crippen LogP contribution in [0, 0.1) is 11.3 Å². The van der Waals surface area contributed by atoms with Crippen LogP contribution in [0.5, 0.6) is 0 Å². The molecule has 1 aromatic carbocycles. The van der Waals surface area contributed by atoms with Crippen LogP contribution in [0.4, 0.5) is 4.79 Å². The molecule has 0 spiro atoms. The van der Waals surface area contributed by atoms with Crippen molar-refractivity contribution in [3.05, 3.63) is 35.9 Å². The Morgan fingerprint density at radius 3 is 2.74 bits per heavy atom. The molecule has 1 amide bonds. The van der Waals surface area contributed by atoms with E-state index in [1.165, 1.54) is 4.90 Å². The molecule has 0 aliphatic heterocycles. The number of carbonyl (C=O) groups excluding carboxylic acids is 1. The van der Waals surface area contributed by atoms with Gasteiger partial charge >= 0.3 is 6.09 Å². The molecule has 1 unspecified atom stereocenters. The molecule has 0 saturated carbocycles. The summed E-state index contributed by atoms with van der Waals surface area (Å²) in [6.07, 6.45) is -0.113. The van der Waals surface area contributed by atoms with Crippen LogP contribution in [-0.4, -0.2) is 35.3 Å². The van der Waals surface area contributed by atoms with Gasteiger partial charge < -0.3 is 9.84 Å². The van der Waals surface area contributed by atoms with Gasteiger partial charge in [-0.2, -0.15) is 5.26 Å². The van der Waals surface area contributed by atoms with E-state index in [0.717, 1.165) is 5.56 Å². The molecule has 0 aromatic heterocycles. The Morgan fingerprint density at radius 2 is 2.16 bits per heavy atom. The van der Waals surface area contributed by atoms with Crippen molar-refractivity contribution in [3.63, 3.8) is 0 Å². The lowest BCUT2D eigenvalue weighted by molar-refractivity contribution is 0.0878. The number of nitriles is 1. The molecule has 19 heavy (non-hydrogen) atoms. The fraction of sp³-hybridized carbons (Fsp3) is 0.429. The number of carbonyl (C=O) groups is 1. The summed E-state index contributed by atoms with van der Waals surface area (Å²) in [7, 11) is 0. The van der Waals surface area contributed by atoms with Crippen LogP contribution in [0.15, 0.2) is 30.3 Å². The number of ether oxygens (including phenoxy) is 1. The highest BCUT2D eigenvalue weighted by Gasteiger charge is 2.20. The third-order valence-corrected chi connectivity index (χ3v) is 2.65. The normalized spacial score (nSPS) is 11.4. The molecular formula is C14H18N2O3. The molecule has 1 atom stereocenters. The van der Waals surface area contributed by atoms with Crippen molar-refractivity contribution in [3.8, 4) is 6.07 Å². The largest absolute Gasteiger partial charge is 0.445 e. The minimum absolute atomic E-state index is 0.0272. The van der Waals surface area contributed by atoms with Crippen molar-refractivity contribution in [2.24, 2.45) is 0 Å². The van der Waals surface area contributed by atoms with Crippen LogP contribution in [0.25, 0.3) is 0 Å². The Morgan fingerprint density at radius 1 is 1.47 bits per heavy atom. The van der Waals surface area contributed by atoms with Crippen molar-refractivity contribution in [2.45, 2.75) is 26.0 Å². The van der Waals surface area contributed by atoms with E-state index in [1.54, 1.807) is 6.92 Å². The third-order valence-electron chi connectivity index (χ3n) is 2.65. The lowest BCUT2D eigenvalue weighted by Gasteiger charge is -2.23. The van der Waals surface area contributed by atoms with Gasteiger partial charge in [0.2, 0.25) is 0 Å². The van der Waals surface area contributed by atoms with Crippen LogP contribution < -0.4 is 0 Å². The van der Waals surface area contributed by atoms with Crippen LogP contribution in [0.2, 0.25) is 0 Å². The summed E-state index contributed by atoms with van der Waals surface area (Å²) in [5.41, 5.74) is 0.891. The van der Waals surface area contributed by atoms with Gasteiger partial charge in [0.25, 0.3) is 0 Å². The fourth-order valence-electron chi connectivity index (χ4n) is 1.56. The first-order chi connectivity index (χ1) is 9.19. The molecule has 5 nitrogen and oxygen atoms in total. The zero-order valence-corrected chi connectivity index (χ0v) is 11.0. The topological polar surface area (TPSA) is 73.6 Å². The molecule has 0 bridgehead atoms. The molecule has 102 valence electrons. The predicted octanol–water partition coefficient (Wildman–Crippen LogP) is 1.92. The second kappa shape index (κ2) is 8.11. The zero-order chi connectivity index (χ0) is 14.1. The van der Waals surface area contributed by atoms with Crippen molar-refractivity contribution in [2.75, 3.05) is 13.2 Å². The Bertz CT molecular complexity index is 428. The highest BCUT2D eigenvalue weighted by Crippen LogP contribution is 2.06. The molecule has 1 N–H and O–H groups in total. The average Bonchev–Trinajstić information content (AvgIpc) is 2.46. The van der Waals surface area contributed by atoms with Gasteiger partial charge in [-0.25, -0.2) is 4.79 Å². The van der Waals surface area contributed by atoms with Crippen molar-refractivity contribution in [1.82, 2.24) is 4.90 Å². The summed E-state index contributed by atoms with van der Waals surface area (Å²) in [5, 5.41) is 17.7. The first-order valence-electron chi connectivity index (χ1n) is 6.17. The number of hydrogen-bond acceptors (Lipinski definition) is 4. The molecule has 0 heterocycles. The molecule has 0 saturated heterocycles. The second-order valence-corrected chi connectivity index (χ2v) is 4.12. The van der Waals surface area contributed by atoms with Crippen LogP contribution >= 0.6 is 0 Å². The predicted molar refractivity (Wildman–Crippen MR) is 70.1 cm³/mol. The summed E-state index contributed by atoms with van der Waals surface area (Å²) < 4.78 is 5.16. The molecule has 1 rings (SSSR count). The number of hydrogen-bond donors (Lipinski definition) is 1. The maximum absolute atomic E-state index is 11.9. The number of aliphatic hydroxyl groups excluding tert-OH is 1. The molecule has 5 heteroatoms. The van der Waals surface area contributed by atoms with Crippen molar-refractivity contribution < 1.29 is 14.6 Å². The van der Waals surface area contributed by atoms with E-state index in [1.807, 2.05) is 36.4 Å².